The zero-order chi connectivity index (χ0) is 14.6. The third-order valence-electron chi connectivity index (χ3n) is 2.52. The van der Waals surface area contributed by atoms with Gasteiger partial charge in [-0.1, -0.05) is 31.5 Å². The number of hydrogen-bond donors (Lipinski definition) is 2. The zero-order valence-corrected chi connectivity index (χ0v) is 11.7. The zero-order valence-electron chi connectivity index (χ0n) is 11.0. The molecule has 0 saturated heterocycles. The largest absolute Gasteiger partial charge is 0.344 e. The van der Waals surface area contributed by atoms with Crippen molar-refractivity contribution >= 4 is 29.1 Å². The SMILES string of the molecule is CC(=O)NC(C(=O)Nc1cccc(Cl)c1F)C(C)C. The van der Waals surface area contributed by atoms with Gasteiger partial charge in [0, 0.05) is 6.92 Å². The first-order valence-electron chi connectivity index (χ1n) is 5.85. The molecule has 1 rings (SSSR count). The highest BCUT2D eigenvalue weighted by molar-refractivity contribution is 6.31. The van der Waals surface area contributed by atoms with Crippen molar-refractivity contribution < 1.29 is 14.0 Å². The van der Waals surface area contributed by atoms with E-state index in [1.807, 2.05) is 0 Å². The van der Waals surface area contributed by atoms with Crippen LogP contribution in [0.3, 0.4) is 0 Å². The molecule has 0 aliphatic carbocycles. The summed E-state index contributed by atoms with van der Waals surface area (Å²) in [6.45, 7) is 4.89. The Morgan fingerprint density at radius 2 is 1.95 bits per heavy atom. The van der Waals surface area contributed by atoms with E-state index in [1.54, 1.807) is 13.8 Å². The van der Waals surface area contributed by atoms with Crippen molar-refractivity contribution in [3.63, 3.8) is 0 Å². The maximum absolute atomic E-state index is 13.7. The monoisotopic (exact) mass is 286 g/mol. The van der Waals surface area contributed by atoms with E-state index in [4.69, 9.17) is 11.6 Å². The van der Waals surface area contributed by atoms with Crippen LogP contribution in [-0.4, -0.2) is 17.9 Å². The molecule has 4 nitrogen and oxygen atoms in total. The molecule has 0 heterocycles. The lowest BCUT2D eigenvalue weighted by Gasteiger charge is -2.21. The molecule has 2 N–H and O–H groups in total. The fourth-order valence-electron chi connectivity index (χ4n) is 1.56. The number of anilines is 1. The van der Waals surface area contributed by atoms with Gasteiger partial charge < -0.3 is 10.6 Å². The van der Waals surface area contributed by atoms with Gasteiger partial charge >= 0.3 is 0 Å². The van der Waals surface area contributed by atoms with Gasteiger partial charge in [-0.3, -0.25) is 9.59 Å². The molecule has 0 saturated carbocycles. The van der Waals surface area contributed by atoms with Crippen molar-refractivity contribution in [2.75, 3.05) is 5.32 Å². The van der Waals surface area contributed by atoms with Gasteiger partial charge in [-0.15, -0.1) is 0 Å². The second-order valence-corrected chi connectivity index (χ2v) is 4.92. The summed E-state index contributed by atoms with van der Waals surface area (Å²) in [4.78, 5) is 23.1. The molecule has 1 aromatic rings. The van der Waals surface area contributed by atoms with Crippen molar-refractivity contribution in [2.45, 2.75) is 26.8 Å². The van der Waals surface area contributed by atoms with Crippen molar-refractivity contribution in [1.82, 2.24) is 5.32 Å². The number of carbonyl (C=O) groups is 2. The van der Waals surface area contributed by atoms with E-state index in [0.29, 0.717) is 0 Å². The Labute approximate surface area is 116 Å². The molecule has 0 fully saturated rings. The van der Waals surface area contributed by atoms with Crippen molar-refractivity contribution in [3.8, 4) is 0 Å². The molecule has 1 atom stereocenters. The quantitative estimate of drug-likeness (QED) is 0.894. The number of benzene rings is 1. The Morgan fingerprint density at radius 1 is 1.32 bits per heavy atom. The number of carbonyl (C=O) groups excluding carboxylic acids is 2. The third kappa shape index (κ3) is 4.21. The molecule has 0 bridgehead atoms. The normalized spacial score (nSPS) is 12.1. The first-order valence-corrected chi connectivity index (χ1v) is 6.22. The van der Waals surface area contributed by atoms with Crippen LogP contribution in [0.15, 0.2) is 18.2 Å². The van der Waals surface area contributed by atoms with E-state index in [9.17, 15) is 14.0 Å². The number of hydrogen-bond acceptors (Lipinski definition) is 2. The lowest BCUT2D eigenvalue weighted by molar-refractivity contribution is -0.126. The minimum absolute atomic E-state index is 0.00602. The van der Waals surface area contributed by atoms with Gasteiger partial charge in [0.05, 0.1) is 10.7 Å². The first-order chi connectivity index (χ1) is 8.82. The number of halogens is 2. The number of nitrogens with one attached hydrogen (secondary N) is 2. The van der Waals surface area contributed by atoms with Crippen molar-refractivity contribution in [3.05, 3.63) is 29.0 Å². The first kappa shape index (κ1) is 15.4. The molecule has 0 aromatic heterocycles. The van der Waals surface area contributed by atoms with E-state index in [1.165, 1.54) is 25.1 Å². The highest BCUT2D eigenvalue weighted by Gasteiger charge is 2.24. The van der Waals surface area contributed by atoms with Crippen molar-refractivity contribution in [2.24, 2.45) is 5.92 Å². The number of amides is 2. The topological polar surface area (TPSA) is 58.2 Å². The van der Waals surface area contributed by atoms with Crippen LogP contribution in [0, 0.1) is 11.7 Å². The molecule has 19 heavy (non-hydrogen) atoms. The van der Waals surface area contributed by atoms with Crippen molar-refractivity contribution in [1.29, 1.82) is 0 Å². The lowest BCUT2D eigenvalue weighted by Crippen LogP contribution is -2.46. The van der Waals surface area contributed by atoms with Gasteiger partial charge in [0.2, 0.25) is 11.8 Å². The van der Waals surface area contributed by atoms with E-state index in [2.05, 4.69) is 10.6 Å². The van der Waals surface area contributed by atoms with Crippen LogP contribution in [0.2, 0.25) is 5.02 Å². The second kappa shape index (κ2) is 6.52. The highest BCUT2D eigenvalue weighted by atomic mass is 35.5. The summed E-state index contributed by atoms with van der Waals surface area (Å²) >= 11 is 5.63. The van der Waals surface area contributed by atoms with Gasteiger partial charge in [0.15, 0.2) is 5.82 Å². The van der Waals surface area contributed by atoms with Gasteiger partial charge in [0.25, 0.3) is 0 Å². The average Bonchev–Trinajstić information content (AvgIpc) is 2.31. The summed E-state index contributed by atoms with van der Waals surface area (Å²) in [6, 6.07) is 3.60. The summed E-state index contributed by atoms with van der Waals surface area (Å²) in [6.07, 6.45) is 0. The summed E-state index contributed by atoms with van der Waals surface area (Å²) in [7, 11) is 0. The highest BCUT2D eigenvalue weighted by Crippen LogP contribution is 2.22. The van der Waals surface area contributed by atoms with Crippen LogP contribution in [0.1, 0.15) is 20.8 Å². The maximum Gasteiger partial charge on any atom is 0.247 e. The Morgan fingerprint density at radius 3 is 2.47 bits per heavy atom. The van der Waals surface area contributed by atoms with Crippen LogP contribution in [0.4, 0.5) is 10.1 Å². The average molecular weight is 287 g/mol. The molecule has 0 spiro atoms. The Balaban J connectivity index is 2.87. The van der Waals surface area contributed by atoms with E-state index >= 15 is 0 Å². The van der Waals surface area contributed by atoms with Gasteiger partial charge in [-0.25, -0.2) is 4.39 Å². The molecular weight excluding hydrogens is 271 g/mol. The van der Waals surface area contributed by atoms with Crippen LogP contribution >= 0.6 is 11.6 Å². The van der Waals surface area contributed by atoms with Crippen LogP contribution in [0.5, 0.6) is 0 Å². The van der Waals surface area contributed by atoms with Crippen LogP contribution in [-0.2, 0) is 9.59 Å². The Hall–Kier alpha value is -1.62. The minimum atomic E-state index is -0.726. The molecule has 0 radical (unpaired) electrons. The molecule has 0 aliphatic heterocycles. The minimum Gasteiger partial charge on any atom is -0.344 e. The molecule has 2 amide bonds. The fourth-order valence-corrected chi connectivity index (χ4v) is 1.74. The standard InChI is InChI=1S/C13H16ClFN2O2/c1-7(2)12(16-8(3)18)13(19)17-10-6-4-5-9(14)11(10)15/h4-7,12H,1-3H3,(H,16,18)(H,17,19). The molecule has 104 valence electrons. The van der Waals surface area contributed by atoms with E-state index < -0.39 is 17.8 Å². The number of rotatable bonds is 4. The van der Waals surface area contributed by atoms with Gasteiger partial charge in [-0.2, -0.15) is 0 Å². The second-order valence-electron chi connectivity index (χ2n) is 4.51. The summed E-state index contributed by atoms with van der Waals surface area (Å²) in [5.74, 6) is -1.61. The fraction of sp³-hybridized carbons (Fsp3) is 0.385. The summed E-state index contributed by atoms with van der Waals surface area (Å²) < 4.78 is 13.7. The lowest BCUT2D eigenvalue weighted by atomic mass is 10.0. The van der Waals surface area contributed by atoms with Crippen LogP contribution in [0.25, 0.3) is 0 Å². The Kier molecular flexibility index (Phi) is 5.30. The van der Waals surface area contributed by atoms with E-state index in [-0.39, 0.29) is 22.5 Å². The van der Waals surface area contributed by atoms with Crippen LogP contribution < -0.4 is 10.6 Å². The smallest absolute Gasteiger partial charge is 0.247 e. The summed E-state index contributed by atoms with van der Waals surface area (Å²) in [5.41, 5.74) is -0.00602. The van der Waals surface area contributed by atoms with Gasteiger partial charge in [-0.05, 0) is 18.1 Å². The molecule has 6 heteroatoms. The van der Waals surface area contributed by atoms with E-state index in [0.717, 1.165) is 0 Å². The third-order valence-corrected chi connectivity index (χ3v) is 2.81. The predicted molar refractivity (Wildman–Crippen MR) is 72.5 cm³/mol. The summed E-state index contributed by atoms with van der Waals surface area (Å²) in [5, 5.41) is 4.88. The molecule has 0 aliphatic rings. The molecule has 1 aromatic carbocycles. The maximum atomic E-state index is 13.7. The Bertz CT molecular complexity index is 492. The molecule has 1 unspecified atom stereocenters. The molecular formula is C13H16ClFN2O2. The predicted octanol–water partition coefficient (Wildman–Crippen LogP) is 2.58. The van der Waals surface area contributed by atoms with Gasteiger partial charge in [0.1, 0.15) is 6.04 Å².